The van der Waals surface area contributed by atoms with Crippen LogP contribution in [0, 0.1) is 0 Å². The fraction of sp³-hybridized carbons (Fsp3) is 0.667. The third-order valence-corrected chi connectivity index (χ3v) is 1.94. The molecule has 0 aromatic heterocycles. The third-order valence-electron chi connectivity index (χ3n) is 1.94. The smallest absolute Gasteiger partial charge is 0.373 e. The van der Waals surface area contributed by atoms with Gasteiger partial charge in [0.25, 0.3) is 5.85 Å². The maximum atomic E-state index is 13.2. The van der Waals surface area contributed by atoms with Crippen LogP contribution in [0.5, 0.6) is 0 Å². The highest BCUT2D eigenvalue weighted by Crippen LogP contribution is 2.51. The van der Waals surface area contributed by atoms with E-state index in [2.05, 4.69) is 4.65 Å². The average Bonchev–Trinajstić information content (AvgIpc) is 2.10. The molecule has 0 saturated carbocycles. The summed E-state index contributed by atoms with van der Waals surface area (Å²) in [6.07, 6.45) is -4.08. The van der Waals surface area contributed by atoms with E-state index >= 15 is 0 Å². The van der Waals surface area contributed by atoms with Crippen molar-refractivity contribution in [1.29, 1.82) is 0 Å². The molecule has 0 saturated heterocycles. The molecule has 0 amide bonds. The van der Waals surface area contributed by atoms with Crippen LogP contribution in [-0.2, 0) is 4.65 Å². The number of rotatable bonds is 2. The third kappa shape index (κ3) is 1.70. The number of alkyl halides is 6. The zero-order valence-corrected chi connectivity index (χ0v) is 7.30. The van der Waals surface area contributed by atoms with E-state index in [1.165, 1.54) is 0 Å². The van der Waals surface area contributed by atoms with E-state index in [9.17, 15) is 36.4 Å². The van der Waals surface area contributed by atoms with Gasteiger partial charge in [-0.3, -0.25) is 0 Å². The largest absolute Gasteiger partial charge is 0.871 e. The van der Waals surface area contributed by atoms with E-state index in [1.807, 2.05) is 0 Å². The topological polar surface area (TPSA) is 55.3 Å². The summed E-state index contributed by atoms with van der Waals surface area (Å²) in [5.41, 5.74) is 0. The van der Waals surface area contributed by atoms with Gasteiger partial charge in [-0.25, -0.2) is 8.78 Å². The monoisotopic (exact) mass is 248 g/mol. The van der Waals surface area contributed by atoms with Crippen molar-refractivity contribution in [1.82, 2.24) is 0 Å². The lowest BCUT2D eigenvalue weighted by Crippen LogP contribution is -2.66. The molecule has 0 aliphatic heterocycles. The Labute approximate surface area is 85.5 Å². The van der Waals surface area contributed by atoms with Crippen LogP contribution in [0.4, 0.5) is 26.3 Å². The van der Waals surface area contributed by atoms with Gasteiger partial charge in [0.15, 0.2) is 6.17 Å². The van der Waals surface area contributed by atoms with Crippen LogP contribution in [0.25, 0.3) is 0 Å². The molecule has 0 radical (unpaired) electrons. The molecule has 0 bridgehead atoms. The van der Waals surface area contributed by atoms with E-state index in [4.69, 9.17) is 0 Å². The molecule has 0 aromatic rings. The fourth-order valence-corrected chi connectivity index (χ4v) is 1.09. The van der Waals surface area contributed by atoms with Gasteiger partial charge in [-0.15, -0.1) is 0 Å². The first-order valence-corrected chi connectivity index (χ1v) is 3.82. The lowest BCUT2D eigenvalue weighted by Gasteiger charge is -2.44. The molecule has 0 aromatic carbocycles. The Morgan fingerprint density at radius 2 is 1.62 bits per heavy atom. The van der Waals surface area contributed by atoms with Crippen LogP contribution < -0.4 is 10.0 Å². The Morgan fingerprint density at radius 1 is 1.12 bits per heavy atom. The summed E-state index contributed by atoms with van der Waals surface area (Å²) in [6.45, 7) is 0. The number of halogens is 6. The minimum atomic E-state index is -5.65. The van der Waals surface area contributed by atoms with Crippen molar-refractivity contribution < 1.29 is 41.0 Å². The van der Waals surface area contributed by atoms with Crippen LogP contribution in [0.2, 0.25) is 0 Å². The lowest BCUT2D eigenvalue weighted by atomic mass is 9.92. The van der Waals surface area contributed by atoms with Crippen molar-refractivity contribution in [3.8, 4) is 0 Å². The first kappa shape index (κ1) is 13.3. The molecule has 0 spiro atoms. The van der Waals surface area contributed by atoms with Crippen molar-refractivity contribution in [2.75, 3.05) is 0 Å². The first-order chi connectivity index (χ1) is 7.04. The van der Waals surface area contributed by atoms with Gasteiger partial charge >= 0.3 is 11.8 Å². The second kappa shape index (κ2) is 3.64. The highest BCUT2D eigenvalue weighted by atomic mass is 19.3. The van der Waals surface area contributed by atoms with Crippen LogP contribution in [-0.4, -0.2) is 31.2 Å². The standard InChI is InChI=1S/C6H3BF6O3/c8-3-1-2-4(9,16-7(14)15)6(12,13)5(3,10)11/h1-3H/q-2. The van der Waals surface area contributed by atoms with Crippen molar-refractivity contribution in [3.63, 3.8) is 0 Å². The number of allylic oxidation sites excluding steroid dienone is 1. The SMILES string of the molecule is [O-]B([O-])OC1(F)C=CC(F)C(F)(F)C1(F)F. The summed E-state index contributed by atoms with van der Waals surface area (Å²) in [6, 6.07) is 0. The Morgan fingerprint density at radius 3 is 2.06 bits per heavy atom. The fourth-order valence-electron chi connectivity index (χ4n) is 1.09. The summed E-state index contributed by atoms with van der Waals surface area (Å²) in [5.74, 6) is -15.7. The molecule has 10 heteroatoms. The maximum Gasteiger partial charge on any atom is 0.373 e. The second-order valence-corrected chi connectivity index (χ2v) is 3.01. The average molecular weight is 248 g/mol. The first-order valence-electron chi connectivity index (χ1n) is 3.82. The van der Waals surface area contributed by atoms with E-state index in [-0.39, 0.29) is 6.08 Å². The molecule has 16 heavy (non-hydrogen) atoms. The second-order valence-electron chi connectivity index (χ2n) is 3.01. The van der Waals surface area contributed by atoms with Crippen LogP contribution in [0.15, 0.2) is 12.2 Å². The molecule has 0 N–H and O–H groups in total. The van der Waals surface area contributed by atoms with Gasteiger partial charge in [-0.1, -0.05) is 0 Å². The molecular weight excluding hydrogens is 245 g/mol. The molecule has 0 heterocycles. The van der Waals surface area contributed by atoms with Gasteiger partial charge in [0, 0.05) is 0 Å². The van der Waals surface area contributed by atoms with Crippen LogP contribution >= 0.6 is 0 Å². The molecule has 92 valence electrons. The van der Waals surface area contributed by atoms with E-state index in [0.717, 1.165) is 0 Å². The summed E-state index contributed by atoms with van der Waals surface area (Å²) in [5, 5.41) is 19.7. The predicted octanol–water partition coefficient (Wildman–Crippen LogP) is -0.447. The highest BCUT2D eigenvalue weighted by molar-refractivity contribution is 6.28. The Balaban J connectivity index is 3.18. The van der Waals surface area contributed by atoms with Crippen molar-refractivity contribution in [2.45, 2.75) is 23.9 Å². The maximum absolute atomic E-state index is 13.2. The molecule has 0 fully saturated rings. The Bertz CT molecular complexity index is 309. The molecule has 2 unspecified atom stereocenters. The molecule has 1 rings (SSSR count). The Hall–Kier alpha value is -0.735. The van der Waals surface area contributed by atoms with Gasteiger partial charge in [0.2, 0.25) is 0 Å². The zero-order chi connectivity index (χ0) is 12.8. The van der Waals surface area contributed by atoms with Gasteiger partial charge in [0.1, 0.15) is 0 Å². The summed E-state index contributed by atoms with van der Waals surface area (Å²) < 4.78 is 79.5. The molecule has 1 aliphatic carbocycles. The summed E-state index contributed by atoms with van der Waals surface area (Å²) in [7, 11) is -3.55. The molecular formula is C6H3BF6O3-2. The minimum Gasteiger partial charge on any atom is -0.871 e. The number of hydrogen-bond donors (Lipinski definition) is 0. The van der Waals surface area contributed by atoms with Gasteiger partial charge < -0.3 is 14.7 Å². The molecule has 3 nitrogen and oxygen atoms in total. The summed E-state index contributed by atoms with van der Waals surface area (Å²) in [4.78, 5) is 0. The molecule has 2 atom stereocenters. The van der Waals surface area contributed by atoms with Gasteiger partial charge in [-0.05, 0) is 12.2 Å². The minimum absolute atomic E-state index is 0.236. The van der Waals surface area contributed by atoms with Crippen LogP contribution in [0.1, 0.15) is 0 Å². The van der Waals surface area contributed by atoms with E-state index < -0.39 is 37.3 Å². The van der Waals surface area contributed by atoms with Gasteiger partial charge in [-0.2, -0.15) is 17.6 Å². The lowest BCUT2D eigenvalue weighted by molar-refractivity contribution is -0.415. The predicted molar refractivity (Wildman–Crippen MR) is 34.6 cm³/mol. The Kier molecular flexibility index (Phi) is 3.03. The van der Waals surface area contributed by atoms with E-state index in [0.29, 0.717) is 0 Å². The van der Waals surface area contributed by atoms with Crippen molar-refractivity contribution in [3.05, 3.63) is 12.2 Å². The normalized spacial score (nSPS) is 36.1. The number of hydrogen-bond acceptors (Lipinski definition) is 3. The zero-order valence-electron chi connectivity index (χ0n) is 7.30. The summed E-state index contributed by atoms with van der Waals surface area (Å²) >= 11 is 0. The quantitative estimate of drug-likeness (QED) is 0.378. The van der Waals surface area contributed by atoms with Crippen molar-refractivity contribution in [2.24, 2.45) is 0 Å². The van der Waals surface area contributed by atoms with Crippen molar-refractivity contribution >= 4 is 7.32 Å². The molecule has 1 aliphatic rings. The van der Waals surface area contributed by atoms with E-state index in [1.54, 1.807) is 0 Å². The van der Waals surface area contributed by atoms with Gasteiger partial charge in [0.05, 0.1) is 7.32 Å². The van der Waals surface area contributed by atoms with Crippen LogP contribution in [0.3, 0.4) is 0 Å². The highest BCUT2D eigenvalue weighted by Gasteiger charge is 2.74.